The summed E-state index contributed by atoms with van der Waals surface area (Å²) in [6, 6.07) is 7.32. The van der Waals surface area contributed by atoms with Crippen LogP contribution in [0, 0.1) is 0 Å². The van der Waals surface area contributed by atoms with Crippen molar-refractivity contribution < 1.29 is 14.3 Å². The Balaban J connectivity index is 2.87. The van der Waals surface area contributed by atoms with Gasteiger partial charge in [-0.25, -0.2) is 0 Å². The molecular weight excluding hydrogens is 240 g/mol. The predicted octanol–water partition coefficient (Wildman–Crippen LogP) is 3.64. The zero-order valence-electron chi connectivity index (χ0n) is 11.9. The maximum absolute atomic E-state index is 12.2. The summed E-state index contributed by atoms with van der Waals surface area (Å²) in [5, 5.41) is 0. The Labute approximate surface area is 115 Å². The van der Waals surface area contributed by atoms with Gasteiger partial charge in [0, 0.05) is 7.11 Å². The van der Waals surface area contributed by atoms with Crippen molar-refractivity contribution in [2.24, 2.45) is 0 Å². The molecule has 0 saturated carbocycles. The Morgan fingerprint density at radius 3 is 2.47 bits per heavy atom. The number of para-hydroxylation sites is 1. The Bertz CT molecular complexity index is 429. The highest BCUT2D eigenvalue weighted by Gasteiger charge is 2.10. The highest BCUT2D eigenvalue weighted by Crippen LogP contribution is 2.20. The Kier molecular flexibility index (Phi) is 6.90. The molecule has 0 aliphatic carbocycles. The molecule has 0 aliphatic rings. The van der Waals surface area contributed by atoms with Gasteiger partial charge in [-0.1, -0.05) is 31.6 Å². The minimum Gasteiger partial charge on any atom is -0.490 e. The molecule has 0 atom stereocenters. The maximum atomic E-state index is 12.2. The minimum atomic E-state index is 0.00622. The zero-order chi connectivity index (χ0) is 14.1. The molecular formula is C16H22O3. The lowest BCUT2D eigenvalue weighted by Gasteiger charge is -2.09. The molecule has 0 bridgehead atoms. The zero-order valence-corrected chi connectivity index (χ0v) is 11.9. The van der Waals surface area contributed by atoms with Gasteiger partial charge >= 0.3 is 0 Å². The lowest BCUT2D eigenvalue weighted by Crippen LogP contribution is -2.07. The van der Waals surface area contributed by atoms with E-state index in [1.807, 2.05) is 18.2 Å². The average Bonchev–Trinajstić information content (AvgIpc) is 2.45. The van der Waals surface area contributed by atoms with E-state index in [9.17, 15) is 4.79 Å². The number of allylic oxidation sites excluding steroid dienone is 2. The lowest BCUT2D eigenvalue weighted by atomic mass is 10.0. The van der Waals surface area contributed by atoms with Gasteiger partial charge < -0.3 is 9.47 Å². The van der Waals surface area contributed by atoms with E-state index in [2.05, 4.69) is 13.8 Å². The van der Waals surface area contributed by atoms with Crippen LogP contribution in [0.5, 0.6) is 5.75 Å². The number of hydrogen-bond acceptors (Lipinski definition) is 3. The van der Waals surface area contributed by atoms with Crippen LogP contribution < -0.4 is 4.74 Å². The third kappa shape index (κ3) is 4.87. The highest BCUT2D eigenvalue weighted by atomic mass is 16.5. The van der Waals surface area contributed by atoms with Crippen LogP contribution in [0.25, 0.3) is 0 Å². The van der Waals surface area contributed by atoms with Gasteiger partial charge in [0.25, 0.3) is 0 Å². The van der Waals surface area contributed by atoms with Crippen LogP contribution in [0.3, 0.4) is 0 Å². The van der Waals surface area contributed by atoms with Crippen LogP contribution in [-0.2, 0) is 4.74 Å². The fourth-order valence-electron chi connectivity index (χ4n) is 1.75. The fourth-order valence-corrected chi connectivity index (χ4v) is 1.75. The third-order valence-electron chi connectivity index (χ3n) is 2.94. The molecule has 104 valence electrons. The number of methoxy groups -OCH3 is 1. The SMILES string of the molecule is CCC(=CC(=O)c1ccccc1OCCOC)CC. The number of hydrogen-bond donors (Lipinski definition) is 0. The van der Waals surface area contributed by atoms with Crippen LogP contribution in [0.4, 0.5) is 0 Å². The summed E-state index contributed by atoms with van der Waals surface area (Å²) < 4.78 is 10.5. The predicted molar refractivity (Wildman–Crippen MR) is 76.8 cm³/mol. The van der Waals surface area contributed by atoms with Crippen molar-refractivity contribution in [3.63, 3.8) is 0 Å². The van der Waals surface area contributed by atoms with E-state index in [1.165, 1.54) is 0 Å². The van der Waals surface area contributed by atoms with Crippen LogP contribution in [0.2, 0.25) is 0 Å². The van der Waals surface area contributed by atoms with Crippen molar-refractivity contribution in [1.82, 2.24) is 0 Å². The number of carbonyl (C=O) groups is 1. The van der Waals surface area contributed by atoms with Crippen molar-refractivity contribution in [1.29, 1.82) is 0 Å². The number of benzene rings is 1. The molecule has 0 radical (unpaired) electrons. The number of ether oxygens (including phenoxy) is 2. The largest absolute Gasteiger partial charge is 0.490 e. The molecule has 0 aromatic heterocycles. The molecule has 1 rings (SSSR count). The molecule has 3 heteroatoms. The molecule has 0 saturated heterocycles. The van der Waals surface area contributed by atoms with Gasteiger partial charge in [-0.15, -0.1) is 0 Å². The Morgan fingerprint density at radius 2 is 1.84 bits per heavy atom. The summed E-state index contributed by atoms with van der Waals surface area (Å²) in [7, 11) is 1.62. The number of carbonyl (C=O) groups excluding carboxylic acids is 1. The van der Waals surface area contributed by atoms with Gasteiger partial charge in [0.05, 0.1) is 12.2 Å². The fraction of sp³-hybridized carbons (Fsp3) is 0.438. The normalized spacial score (nSPS) is 10.1. The van der Waals surface area contributed by atoms with Gasteiger partial charge in [0.1, 0.15) is 12.4 Å². The maximum Gasteiger partial charge on any atom is 0.189 e. The van der Waals surface area contributed by atoms with Crippen LogP contribution in [0.15, 0.2) is 35.9 Å². The molecule has 19 heavy (non-hydrogen) atoms. The molecule has 0 amide bonds. The van der Waals surface area contributed by atoms with E-state index in [0.29, 0.717) is 24.5 Å². The first-order valence-electron chi connectivity index (χ1n) is 6.67. The van der Waals surface area contributed by atoms with Crippen molar-refractivity contribution in [3.8, 4) is 5.75 Å². The molecule has 0 aliphatic heterocycles. The smallest absolute Gasteiger partial charge is 0.189 e. The van der Waals surface area contributed by atoms with Gasteiger partial charge in [-0.2, -0.15) is 0 Å². The van der Waals surface area contributed by atoms with E-state index in [-0.39, 0.29) is 5.78 Å². The van der Waals surface area contributed by atoms with E-state index in [1.54, 1.807) is 19.3 Å². The molecule has 0 N–H and O–H groups in total. The van der Waals surface area contributed by atoms with Crippen molar-refractivity contribution in [2.75, 3.05) is 20.3 Å². The molecule has 0 fully saturated rings. The molecule has 1 aromatic rings. The van der Waals surface area contributed by atoms with Gasteiger partial charge in [-0.3, -0.25) is 4.79 Å². The number of ketones is 1. The van der Waals surface area contributed by atoms with Gasteiger partial charge in [0.15, 0.2) is 5.78 Å². The molecule has 3 nitrogen and oxygen atoms in total. The van der Waals surface area contributed by atoms with Crippen molar-refractivity contribution in [3.05, 3.63) is 41.5 Å². The summed E-state index contributed by atoms with van der Waals surface area (Å²) in [6.07, 6.45) is 3.52. The number of rotatable bonds is 8. The van der Waals surface area contributed by atoms with Crippen molar-refractivity contribution >= 4 is 5.78 Å². The minimum absolute atomic E-state index is 0.00622. The second-order valence-corrected chi connectivity index (χ2v) is 4.21. The molecule has 1 aromatic carbocycles. The van der Waals surface area contributed by atoms with Crippen molar-refractivity contribution in [2.45, 2.75) is 26.7 Å². The summed E-state index contributed by atoms with van der Waals surface area (Å²) in [5.41, 5.74) is 1.76. The van der Waals surface area contributed by atoms with E-state index < -0.39 is 0 Å². The second-order valence-electron chi connectivity index (χ2n) is 4.21. The van der Waals surface area contributed by atoms with Crippen LogP contribution in [0.1, 0.15) is 37.0 Å². The Hall–Kier alpha value is -1.61. The third-order valence-corrected chi connectivity index (χ3v) is 2.94. The highest BCUT2D eigenvalue weighted by molar-refractivity contribution is 6.06. The summed E-state index contributed by atoms with van der Waals surface area (Å²) in [4.78, 5) is 12.2. The van der Waals surface area contributed by atoms with Gasteiger partial charge in [-0.05, 0) is 31.1 Å². The summed E-state index contributed by atoms with van der Waals surface area (Å²) in [5.74, 6) is 0.624. The molecule has 0 heterocycles. The lowest BCUT2D eigenvalue weighted by molar-refractivity contribution is 0.103. The standard InChI is InChI=1S/C16H22O3/c1-4-13(5-2)12-15(17)14-8-6-7-9-16(14)19-11-10-18-3/h6-9,12H,4-5,10-11H2,1-3H3. The molecule has 0 unspecified atom stereocenters. The average molecular weight is 262 g/mol. The van der Waals surface area contributed by atoms with Crippen LogP contribution in [-0.4, -0.2) is 26.1 Å². The monoisotopic (exact) mass is 262 g/mol. The first-order valence-corrected chi connectivity index (χ1v) is 6.67. The van der Waals surface area contributed by atoms with E-state index in [4.69, 9.17) is 9.47 Å². The topological polar surface area (TPSA) is 35.5 Å². The second kappa shape index (κ2) is 8.48. The summed E-state index contributed by atoms with van der Waals surface area (Å²) in [6.45, 7) is 5.07. The van der Waals surface area contributed by atoms with Crippen LogP contribution >= 0.6 is 0 Å². The first kappa shape index (κ1) is 15.4. The first-order chi connectivity index (χ1) is 9.22. The molecule has 0 spiro atoms. The quantitative estimate of drug-likeness (QED) is 0.407. The van der Waals surface area contributed by atoms with E-state index in [0.717, 1.165) is 18.4 Å². The van der Waals surface area contributed by atoms with Gasteiger partial charge in [0.2, 0.25) is 0 Å². The summed E-state index contributed by atoms with van der Waals surface area (Å²) >= 11 is 0. The Morgan fingerprint density at radius 1 is 1.16 bits per heavy atom. The van der Waals surface area contributed by atoms with E-state index >= 15 is 0 Å².